The Bertz CT molecular complexity index is 1250. The van der Waals surface area contributed by atoms with Gasteiger partial charge < -0.3 is 33.8 Å². The molecule has 2 aromatic carbocycles. The zero-order valence-electron chi connectivity index (χ0n) is 26.8. The maximum atomic E-state index is 12.4. The minimum Gasteiger partial charge on any atom is -0.463 e. The molecule has 0 saturated carbocycles. The summed E-state index contributed by atoms with van der Waals surface area (Å²) in [7, 11) is -3.17. The fourth-order valence-corrected chi connectivity index (χ4v) is 9.57. The minimum atomic E-state index is -3.17. The van der Waals surface area contributed by atoms with E-state index < -0.39 is 67.8 Å². The number of unbranched alkanes of at least 4 members (excludes halogenated alkanes) is 1. The van der Waals surface area contributed by atoms with Gasteiger partial charge in [0.25, 0.3) is 8.32 Å². The van der Waals surface area contributed by atoms with Gasteiger partial charge in [0.05, 0.1) is 0 Å². The molecule has 12 heteroatoms. The third-order valence-corrected chi connectivity index (χ3v) is 12.5. The van der Waals surface area contributed by atoms with Crippen molar-refractivity contribution in [2.75, 3.05) is 13.2 Å². The Balaban J connectivity index is 1.76. The highest BCUT2D eigenvalue weighted by molar-refractivity contribution is 6.98. The zero-order chi connectivity index (χ0) is 33.2. The van der Waals surface area contributed by atoms with E-state index in [0.29, 0.717) is 19.3 Å². The van der Waals surface area contributed by atoms with Crippen molar-refractivity contribution in [2.45, 2.75) is 96.5 Å². The SMILES string of the molecule is CC(=O)NC1C(OC(C)=O)[C@@H](OC(C)=O)C(COC(C)=O)O[C@H]1OCCCCC(C)(C)[Si](O)(c1ccccc1)c1ccccc1. The Morgan fingerprint density at radius 2 is 1.36 bits per heavy atom. The molecule has 1 aliphatic heterocycles. The highest BCUT2D eigenvalue weighted by atomic mass is 28.4. The smallest absolute Gasteiger partial charge is 0.303 e. The quantitative estimate of drug-likeness (QED) is 0.136. The fraction of sp³-hybridized carbons (Fsp3) is 0.515. The lowest BCUT2D eigenvalue weighted by Crippen LogP contribution is -2.66. The summed E-state index contributed by atoms with van der Waals surface area (Å²) in [6.45, 7) is 8.99. The largest absolute Gasteiger partial charge is 0.463 e. The summed E-state index contributed by atoms with van der Waals surface area (Å²) in [5.74, 6) is -2.37. The molecule has 2 aromatic rings. The second-order valence-electron chi connectivity index (χ2n) is 11.9. The van der Waals surface area contributed by atoms with Crippen LogP contribution in [0.15, 0.2) is 60.7 Å². The van der Waals surface area contributed by atoms with Gasteiger partial charge in [-0.05, 0) is 28.3 Å². The Morgan fingerprint density at radius 1 is 0.822 bits per heavy atom. The fourth-order valence-electron chi connectivity index (χ4n) is 5.79. The molecule has 3 rings (SSSR count). The van der Waals surface area contributed by atoms with Crippen LogP contribution >= 0.6 is 0 Å². The van der Waals surface area contributed by atoms with Crippen molar-refractivity contribution in [1.82, 2.24) is 5.32 Å². The molecule has 0 spiro atoms. The average Bonchev–Trinajstić information content (AvgIpc) is 2.98. The van der Waals surface area contributed by atoms with Crippen molar-refractivity contribution in [3.63, 3.8) is 0 Å². The first-order valence-corrected chi connectivity index (χ1v) is 17.1. The number of carbonyl (C=O) groups is 4. The third kappa shape index (κ3) is 9.46. The lowest BCUT2D eigenvalue weighted by molar-refractivity contribution is -0.277. The first kappa shape index (κ1) is 35.9. The molecule has 0 aromatic heterocycles. The van der Waals surface area contributed by atoms with Crippen LogP contribution in [0.25, 0.3) is 0 Å². The van der Waals surface area contributed by atoms with E-state index in [-0.39, 0.29) is 13.2 Å². The van der Waals surface area contributed by atoms with E-state index in [1.165, 1.54) is 27.7 Å². The highest BCUT2D eigenvalue weighted by Gasteiger charge is 2.52. The van der Waals surface area contributed by atoms with E-state index in [4.69, 9.17) is 23.7 Å². The van der Waals surface area contributed by atoms with E-state index >= 15 is 0 Å². The maximum absolute atomic E-state index is 12.4. The van der Waals surface area contributed by atoms with Gasteiger partial charge in [0.2, 0.25) is 5.91 Å². The van der Waals surface area contributed by atoms with Gasteiger partial charge in [-0.1, -0.05) is 80.9 Å². The first-order chi connectivity index (χ1) is 21.3. The summed E-state index contributed by atoms with van der Waals surface area (Å²) in [6.07, 6.45) is -2.51. The molecule has 11 nitrogen and oxygen atoms in total. The van der Waals surface area contributed by atoms with Crippen LogP contribution in [0.4, 0.5) is 0 Å². The summed E-state index contributed by atoms with van der Waals surface area (Å²) in [5, 5.41) is 4.13. The van der Waals surface area contributed by atoms with Crippen LogP contribution in [0.3, 0.4) is 0 Å². The second kappa shape index (κ2) is 16.1. The van der Waals surface area contributed by atoms with Crippen LogP contribution in [-0.4, -0.2) is 80.8 Å². The Morgan fingerprint density at radius 3 is 1.84 bits per heavy atom. The molecule has 1 fully saturated rings. The summed E-state index contributed by atoms with van der Waals surface area (Å²) < 4.78 is 28.3. The van der Waals surface area contributed by atoms with E-state index in [2.05, 4.69) is 19.2 Å². The number of carbonyl (C=O) groups excluding carboxylic acids is 4. The van der Waals surface area contributed by atoms with Gasteiger partial charge >= 0.3 is 17.9 Å². The predicted octanol–water partition coefficient (Wildman–Crippen LogP) is 2.36. The first-order valence-electron chi connectivity index (χ1n) is 15.1. The molecule has 3 unspecified atom stereocenters. The van der Waals surface area contributed by atoms with Crippen molar-refractivity contribution in [1.29, 1.82) is 0 Å². The van der Waals surface area contributed by atoms with Crippen LogP contribution in [0.1, 0.15) is 60.8 Å². The summed E-state index contributed by atoms with van der Waals surface area (Å²) in [6, 6.07) is 18.6. The Kier molecular flexibility index (Phi) is 12.9. The number of rotatable bonds is 14. The second-order valence-corrected chi connectivity index (χ2v) is 15.8. The van der Waals surface area contributed by atoms with Gasteiger partial charge in [0.1, 0.15) is 18.8 Å². The summed E-state index contributed by atoms with van der Waals surface area (Å²) >= 11 is 0. The summed E-state index contributed by atoms with van der Waals surface area (Å²) in [4.78, 5) is 60.2. The molecule has 246 valence electrons. The lowest BCUT2D eigenvalue weighted by Gasteiger charge is -2.45. The number of esters is 3. The number of hydrogen-bond acceptors (Lipinski definition) is 10. The molecule has 2 N–H and O–H groups in total. The van der Waals surface area contributed by atoms with Crippen LogP contribution in [-0.2, 0) is 42.9 Å². The maximum Gasteiger partial charge on any atom is 0.303 e. The van der Waals surface area contributed by atoms with Crippen molar-refractivity contribution >= 4 is 42.5 Å². The molecule has 45 heavy (non-hydrogen) atoms. The topological polar surface area (TPSA) is 147 Å². The normalized spacial score (nSPS) is 21.8. The van der Waals surface area contributed by atoms with Crippen molar-refractivity contribution in [3.8, 4) is 0 Å². The van der Waals surface area contributed by atoms with Crippen LogP contribution in [0.2, 0.25) is 5.04 Å². The predicted molar refractivity (Wildman–Crippen MR) is 168 cm³/mol. The average molecular weight is 644 g/mol. The number of amides is 1. The lowest BCUT2D eigenvalue weighted by atomic mass is 9.96. The van der Waals surface area contributed by atoms with Gasteiger partial charge in [0, 0.05) is 34.3 Å². The monoisotopic (exact) mass is 643 g/mol. The van der Waals surface area contributed by atoms with Crippen LogP contribution in [0, 0.1) is 0 Å². The number of benzene rings is 2. The van der Waals surface area contributed by atoms with E-state index in [0.717, 1.165) is 10.4 Å². The molecule has 0 radical (unpaired) electrons. The van der Waals surface area contributed by atoms with Gasteiger partial charge in [-0.15, -0.1) is 0 Å². The van der Waals surface area contributed by atoms with Gasteiger partial charge in [-0.25, -0.2) is 0 Å². The minimum absolute atomic E-state index is 0.207. The number of hydrogen-bond donors (Lipinski definition) is 2. The third-order valence-electron chi connectivity index (χ3n) is 7.91. The molecule has 1 aliphatic rings. The molecule has 1 saturated heterocycles. The summed E-state index contributed by atoms with van der Waals surface area (Å²) in [5.41, 5.74) is 0. The Hall–Kier alpha value is -3.58. The van der Waals surface area contributed by atoms with Gasteiger partial charge in [-0.2, -0.15) is 0 Å². The molecule has 5 atom stereocenters. The number of nitrogens with one attached hydrogen (secondary N) is 1. The van der Waals surface area contributed by atoms with Crippen LogP contribution in [0.5, 0.6) is 0 Å². The van der Waals surface area contributed by atoms with Gasteiger partial charge in [0.15, 0.2) is 18.5 Å². The van der Waals surface area contributed by atoms with Crippen LogP contribution < -0.4 is 15.7 Å². The highest BCUT2D eigenvalue weighted by Crippen LogP contribution is 2.40. The molecule has 1 amide bonds. The molecule has 1 heterocycles. The van der Waals surface area contributed by atoms with Gasteiger partial charge in [-0.3, -0.25) is 19.2 Å². The van der Waals surface area contributed by atoms with Crippen molar-refractivity contribution in [2.24, 2.45) is 0 Å². The molecule has 0 aliphatic carbocycles. The molecular weight excluding hydrogens is 598 g/mol. The van der Waals surface area contributed by atoms with E-state index in [9.17, 15) is 24.0 Å². The van der Waals surface area contributed by atoms with Crippen molar-refractivity contribution in [3.05, 3.63) is 60.7 Å². The molecular formula is C33H45NO10Si. The molecule has 0 bridgehead atoms. The standard InChI is InChI=1S/C33H45NO10Si/c1-22(35)34-29-31(43-25(4)38)30(42-24(3)37)28(21-41-23(2)36)44-32(29)40-20-14-13-19-33(5,6)45(39,26-15-9-7-10-16-26)27-17-11-8-12-18-27/h7-12,15-18,28-32,39H,13-14,19-21H2,1-6H3,(H,34,35)/t28?,29?,30-,31?,32+/m0/s1. The van der Waals surface area contributed by atoms with E-state index in [1.54, 1.807) is 0 Å². The van der Waals surface area contributed by atoms with Crippen molar-refractivity contribution < 1.29 is 47.7 Å². The Labute approximate surface area is 265 Å². The van der Waals surface area contributed by atoms with E-state index in [1.807, 2.05) is 60.7 Å². The number of ether oxygens (including phenoxy) is 5. The zero-order valence-corrected chi connectivity index (χ0v) is 27.8.